The van der Waals surface area contributed by atoms with Gasteiger partial charge in [-0.1, -0.05) is 68.2 Å². The van der Waals surface area contributed by atoms with Crippen LogP contribution >= 0.6 is 0 Å². The summed E-state index contributed by atoms with van der Waals surface area (Å²) in [5.74, 6) is 5.13. The lowest BCUT2D eigenvalue weighted by atomic mass is 9.65. The second kappa shape index (κ2) is 7.35. The van der Waals surface area contributed by atoms with Gasteiger partial charge in [0.25, 0.3) is 0 Å². The van der Waals surface area contributed by atoms with E-state index in [2.05, 4.69) is 55.4 Å². The van der Waals surface area contributed by atoms with Crippen LogP contribution in [0.25, 0.3) is 0 Å². The van der Waals surface area contributed by atoms with Crippen LogP contribution in [0.15, 0.2) is 0 Å². The molecule has 0 aliphatic heterocycles. The highest BCUT2D eigenvalue weighted by Gasteiger charge is 2.33. The quantitative estimate of drug-likeness (QED) is 0.528. The summed E-state index contributed by atoms with van der Waals surface area (Å²) in [5.41, 5.74) is 0. The van der Waals surface area contributed by atoms with Crippen LogP contribution in [0.1, 0.15) is 68.2 Å². The summed E-state index contributed by atoms with van der Waals surface area (Å²) in [7, 11) is 0. The van der Waals surface area contributed by atoms with Crippen molar-refractivity contribution in [3.63, 3.8) is 0 Å². The molecule has 4 unspecified atom stereocenters. The van der Waals surface area contributed by atoms with Gasteiger partial charge in [-0.05, 0) is 35.5 Å². The van der Waals surface area contributed by atoms with E-state index < -0.39 is 0 Å². The SMILES string of the molecule is CCC(C)C(C(C)C)C(C(C)C)C(C)CC. The van der Waals surface area contributed by atoms with E-state index >= 15 is 0 Å². The Kier molecular flexibility index (Phi) is 7.35. The largest absolute Gasteiger partial charge is 0.0651 e. The predicted octanol–water partition coefficient (Wildman–Crippen LogP) is 5.62. The Morgan fingerprint density at radius 3 is 0.938 bits per heavy atom. The van der Waals surface area contributed by atoms with Gasteiger partial charge < -0.3 is 0 Å². The minimum absolute atomic E-state index is 0.816. The van der Waals surface area contributed by atoms with E-state index in [4.69, 9.17) is 0 Å². The van der Waals surface area contributed by atoms with E-state index in [1.165, 1.54) is 12.8 Å². The normalized spacial score (nSPS) is 19.9. The first-order chi connectivity index (χ1) is 7.36. The average molecular weight is 226 g/mol. The Bertz CT molecular complexity index is 149. The third-order valence-electron chi connectivity index (χ3n) is 4.59. The van der Waals surface area contributed by atoms with Crippen LogP contribution in [0.4, 0.5) is 0 Å². The summed E-state index contributed by atoms with van der Waals surface area (Å²) in [5, 5.41) is 0. The molecule has 16 heavy (non-hydrogen) atoms. The highest BCUT2D eigenvalue weighted by Crippen LogP contribution is 2.40. The summed E-state index contributed by atoms with van der Waals surface area (Å²) < 4.78 is 0. The topological polar surface area (TPSA) is 0 Å². The number of hydrogen-bond donors (Lipinski definition) is 0. The van der Waals surface area contributed by atoms with Crippen LogP contribution in [-0.4, -0.2) is 0 Å². The van der Waals surface area contributed by atoms with Crippen molar-refractivity contribution in [2.45, 2.75) is 68.2 Å². The minimum Gasteiger partial charge on any atom is -0.0651 e. The van der Waals surface area contributed by atoms with Crippen LogP contribution in [-0.2, 0) is 0 Å². The van der Waals surface area contributed by atoms with Gasteiger partial charge in [-0.2, -0.15) is 0 Å². The molecule has 0 heterocycles. The van der Waals surface area contributed by atoms with E-state index in [-0.39, 0.29) is 0 Å². The summed E-state index contributed by atoms with van der Waals surface area (Å²) in [6.07, 6.45) is 2.64. The first kappa shape index (κ1) is 16.0. The molecule has 0 nitrogen and oxygen atoms in total. The molecular weight excluding hydrogens is 192 g/mol. The highest BCUT2D eigenvalue weighted by atomic mass is 14.4. The monoisotopic (exact) mass is 226 g/mol. The average Bonchev–Trinajstić information content (AvgIpc) is 2.22. The first-order valence-corrected chi connectivity index (χ1v) is 7.36. The second-order valence-corrected chi connectivity index (χ2v) is 6.41. The van der Waals surface area contributed by atoms with Crippen LogP contribution in [0.5, 0.6) is 0 Å². The van der Waals surface area contributed by atoms with Crippen molar-refractivity contribution in [3.05, 3.63) is 0 Å². The smallest absolute Gasteiger partial charge is 0.0332 e. The van der Waals surface area contributed by atoms with Gasteiger partial charge in [0, 0.05) is 0 Å². The molecule has 4 atom stereocenters. The van der Waals surface area contributed by atoms with Crippen molar-refractivity contribution in [2.24, 2.45) is 35.5 Å². The summed E-state index contributed by atoms with van der Waals surface area (Å²) in [6.45, 7) is 19.2. The van der Waals surface area contributed by atoms with Crippen LogP contribution in [0.2, 0.25) is 0 Å². The Morgan fingerprint density at radius 1 is 0.562 bits per heavy atom. The van der Waals surface area contributed by atoms with E-state index in [1.807, 2.05) is 0 Å². The standard InChI is InChI=1S/C16H34/c1-9-13(7)15(11(3)4)16(12(5)6)14(8)10-2/h11-16H,9-10H2,1-8H3. The van der Waals surface area contributed by atoms with E-state index in [1.54, 1.807) is 0 Å². The zero-order valence-corrected chi connectivity index (χ0v) is 12.9. The molecule has 0 aliphatic carbocycles. The van der Waals surface area contributed by atoms with Crippen LogP contribution in [0.3, 0.4) is 0 Å². The maximum absolute atomic E-state index is 2.45. The number of rotatable bonds is 7. The summed E-state index contributed by atoms with van der Waals surface area (Å²) >= 11 is 0. The fourth-order valence-electron chi connectivity index (χ4n) is 3.51. The molecular formula is C16H34. The molecule has 0 saturated heterocycles. The summed E-state index contributed by atoms with van der Waals surface area (Å²) in [4.78, 5) is 0. The molecule has 98 valence electrons. The van der Waals surface area contributed by atoms with Crippen molar-refractivity contribution in [2.75, 3.05) is 0 Å². The zero-order chi connectivity index (χ0) is 12.9. The lowest BCUT2D eigenvalue weighted by molar-refractivity contribution is 0.0837. The molecule has 0 heteroatoms. The lowest BCUT2D eigenvalue weighted by Gasteiger charge is -2.40. The predicted molar refractivity (Wildman–Crippen MR) is 75.6 cm³/mol. The lowest BCUT2D eigenvalue weighted by Crippen LogP contribution is -2.34. The van der Waals surface area contributed by atoms with Gasteiger partial charge >= 0.3 is 0 Å². The van der Waals surface area contributed by atoms with Gasteiger partial charge in [0.05, 0.1) is 0 Å². The Hall–Kier alpha value is 0. The molecule has 0 N–H and O–H groups in total. The van der Waals surface area contributed by atoms with Crippen molar-refractivity contribution in [1.29, 1.82) is 0 Å². The molecule has 0 spiro atoms. The molecule has 0 rings (SSSR count). The fourth-order valence-corrected chi connectivity index (χ4v) is 3.51. The van der Waals surface area contributed by atoms with Crippen molar-refractivity contribution in [1.82, 2.24) is 0 Å². The molecule has 0 aromatic rings. The minimum atomic E-state index is 0.816. The molecule has 0 bridgehead atoms. The van der Waals surface area contributed by atoms with Crippen LogP contribution in [0, 0.1) is 35.5 Å². The molecule has 0 fully saturated rings. The number of hydrogen-bond acceptors (Lipinski definition) is 0. The third-order valence-corrected chi connectivity index (χ3v) is 4.59. The molecule has 0 aliphatic rings. The van der Waals surface area contributed by atoms with Gasteiger partial charge in [-0.25, -0.2) is 0 Å². The van der Waals surface area contributed by atoms with Gasteiger partial charge in [-0.3, -0.25) is 0 Å². The second-order valence-electron chi connectivity index (χ2n) is 6.41. The maximum Gasteiger partial charge on any atom is -0.0332 e. The highest BCUT2D eigenvalue weighted by molar-refractivity contribution is 4.82. The summed E-state index contributed by atoms with van der Waals surface area (Å²) in [6, 6.07) is 0. The van der Waals surface area contributed by atoms with Gasteiger partial charge in [0.15, 0.2) is 0 Å². The molecule has 0 saturated carbocycles. The fraction of sp³-hybridized carbons (Fsp3) is 1.00. The molecule has 0 amide bonds. The zero-order valence-electron chi connectivity index (χ0n) is 12.9. The maximum atomic E-state index is 2.45. The van der Waals surface area contributed by atoms with E-state index in [0.717, 1.165) is 35.5 Å². The molecule has 0 aromatic carbocycles. The Labute approximate surface area is 104 Å². The van der Waals surface area contributed by atoms with Crippen molar-refractivity contribution >= 4 is 0 Å². The van der Waals surface area contributed by atoms with Crippen LogP contribution < -0.4 is 0 Å². The van der Waals surface area contributed by atoms with Gasteiger partial charge in [0.2, 0.25) is 0 Å². The van der Waals surface area contributed by atoms with Gasteiger partial charge in [-0.15, -0.1) is 0 Å². The van der Waals surface area contributed by atoms with Gasteiger partial charge in [0.1, 0.15) is 0 Å². The Morgan fingerprint density at radius 2 is 0.812 bits per heavy atom. The Balaban J connectivity index is 4.94. The molecule has 0 radical (unpaired) electrons. The molecule has 0 aromatic heterocycles. The van der Waals surface area contributed by atoms with Crippen molar-refractivity contribution < 1.29 is 0 Å². The van der Waals surface area contributed by atoms with Crippen molar-refractivity contribution in [3.8, 4) is 0 Å². The van der Waals surface area contributed by atoms with E-state index in [0.29, 0.717) is 0 Å². The third kappa shape index (κ3) is 4.11. The van der Waals surface area contributed by atoms with E-state index in [9.17, 15) is 0 Å². The first-order valence-electron chi connectivity index (χ1n) is 7.36.